The molecule has 12 heteroatoms. The summed E-state index contributed by atoms with van der Waals surface area (Å²) < 4.78 is 35.6. The summed E-state index contributed by atoms with van der Waals surface area (Å²) in [5.41, 5.74) is -0.316. The number of H-pyrrole nitrogens is 2. The number of nitrogens with one attached hydrogen (secondary N) is 2. The minimum Gasteiger partial charge on any atom is -0.493 e. The predicted octanol–water partition coefficient (Wildman–Crippen LogP) is 1.60. The summed E-state index contributed by atoms with van der Waals surface area (Å²) in [7, 11) is -1.77. The lowest BCUT2D eigenvalue weighted by atomic mass is 10.2. The first kappa shape index (κ1) is 25.1. The molecule has 2 N–H and O–H groups in total. The van der Waals surface area contributed by atoms with Gasteiger partial charge in [-0.15, -0.1) is 0 Å². The van der Waals surface area contributed by atoms with Gasteiger partial charge in [-0.3, -0.25) is 14.3 Å². The molecule has 190 valence electrons. The molecular weight excluding hydrogens is 472 g/mol. The van der Waals surface area contributed by atoms with Crippen molar-refractivity contribution in [2.45, 2.75) is 44.6 Å². The van der Waals surface area contributed by atoms with Crippen LogP contribution in [0.25, 0.3) is 22.6 Å². The van der Waals surface area contributed by atoms with Crippen molar-refractivity contribution >= 4 is 21.2 Å². The van der Waals surface area contributed by atoms with E-state index in [2.05, 4.69) is 26.8 Å². The van der Waals surface area contributed by atoms with Crippen molar-refractivity contribution in [2.24, 2.45) is 0 Å². The average molecular weight is 505 g/mol. The van der Waals surface area contributed by atoms with Gasteiger partial charge in [-0.25, -0.2) is 18.2 Å². The van der Waals surface area contributed by atoms with E-state index in [0.717, 1.165) is 12.8 Å². The number of aromatic amines is 2. The van der Waals surface area contributed by atoms with Crippen LogP contribution < -0.4 is 16.0 Å². The summed E-state index contributed by atoms with van der Waals surface area (Å²) in [6, 6.07) is 4.70. The Kier molecular flexibility index (Phi) is 7.43. The molecule has 4 rings (SSSR count). The van der Waals surface area contributed by atoms with Crippen molar-refractivity contribution in [2.75, 3.05) is 39.8 Å². The number of likely N-dealkylation sites (N-methyl/N-ethyl adjacent to an activating group) is 1. The van der Waals surface area contributed by atoms with Crippen LogP contribution in [0.5, 0.6) is 5.75 Å². The van der Waals surface area contributed by atoms with Gasteiger partial charge in [-0.05, 0) is 38.1 Å². The third kappa shape index (κ3) is 5.04. The molecule has 0 radical (unpaired) electrons. The Bertz CT molecular complexity index is 1420. The number of hydrogen-bond acceptors (Lipinski definition) is 7. The Balaban J connectivity index is 1.84. The Labute approximate surface area is 203 Å². The van der Waals surface area contributed by atoms with E-state index in [1.54, 1.807) is 12.1 Å². The molecule has 35 heavy (non-hydrogen) atoms. The zero-order valence-corrected chi connectivity index (χ0v) is 21.2. The fraction of sp³-hybridized carbons (Fsp3) is 0.522. The third-order valence-electron chi connectivity index (χ3n) is 6.14. The molecule has 1 saturated heterocycles. The van der Waals surface area contributed by atoms with Crippen LogP contribution in [0.2, 0.25) is 0 Å². The molecule has 1 aromatic carbocycles. The highest BCUT2D eigenvalue weighted by Gasteiger charge is 2.29. The van der Waals surface area contributed by atoms with Crippen molar-refractivity contribution in [3.8, 4) is 17.1 Å². The Hall–Kier alpha value is -2.96. The van der Waals surface area contributed by atoms with E-state index in [1.165, 1.54) is 14.9 Å². The minimum atomic E-state index is -3.73. The van der Waals surface area contributed by atoms with Gasteiger partial charge in [0.25, 0.3) is 5.56 Å². The summed E-state index contributed by atoms with van der Waals surface area (Å²) >= 11 is 0. The van der Waals surface area contributed by atoms with E-state index in [1.807, 2.05) is 14.0 Å². The molecule has 1 aliphatic rings. The Morgan fingerprint density at radius 1 is 1.06 bits per heavy atom. The van der Waals surface area contributed by atoms with Gasteiger partial charge < -0.3 is 14.6 Å². The first-order valence-corrected chi connectivity index (χ1v) is 13.4. The van der Waals surface area contributed by atoms with Gasteiger partial charge in [0.05, 0.1) is 17.1 Å². The van der Waals surface area contributed by atoms with Gasteiger partial charge in [0, 0.05) is 32.7 Å². The number of aromatic nitrogens is 4. The zero-order valence-electron chi connectivity index (χ0n) is 20.3. The molecule has 0 spiro atoms. The second-order valence-corrected chi connectivity index (χ2v) is 10.7. The van der Waals surface area contributed by atoms with E-state index in [9.17, 15) is 18.0 Å². The highest BCUT2D eigenvalue weighted by atomic mass is 32.2. The molecular formula is C23H32N6O5S. The van der Waals surface area contributed by atoms with Crippen molar-refractivity contribution < 1.29 is 13.2 Å². The van der Waals surface area contributed by atoms with Crippen LogP contribution in [0.1, 0.15) is 33.1 Å². The molecule has 0 atom stereocenters. The highest BCUT2D eigenvalue weighted by Crippen LogP contribution is 2.33. The van der Waals surface area contributed by atoms with Gasteiger partial charge >= 0.3 is 5.69 Å². The smallest absolute Gasteiger partial charge is 0.330 e. The fourth-order valence-corrected chi connectivity index (χ4v) is 5.53. The first-order chi connectivity index (χ1) is 16.8. The number of unbranched alkanes of at least 4 members (excludes halogenated alkanes) is 1. The standard InChI is InChI=1S/C23H32N6O5S/c1-4-6-14-34-18-8-7-16(35(32,33)28-12-10-27(3)11-13-28)15-17(18)20-24-19-21(25-20)29(9-5-2)23(31)26-22(19)30/h7-8,15H,4-6,9-14H2,1-3H3,(H,24,25)(H,26,30,31). The number of aryl methyl sites for hydroxylation is 1. The lowest BCUT2D eigenvalue weighted by Gasteiger charge is -2.31. The molecule has 0 saturated carbocycles. The summed E-state index contributed by atoms with van der Waals surface area (Å²) in [5.74, 6) is 0.721. The number of benzene rings is 1. The summed E-state index contributed by atoms with van der Waals surface area (Å²) in [5, 5.41) is 0. The monoisotopic (exact) mass is 504 g/mol. The Morgan fingerprint density at radius 3 is 2.49 bits per heavy atom. The lowest BCUT2D eigenvalue weighted by molar-refractivity contribution is 0.222. The van der Waals surface area contributed by atoms with Crippen LogP contribution >= 0.6 is 0 Å². The molecule has 1 aliphatic heterocycles. The quantitative estimate of drug-likeness (QED) is 0.423. The van der Waals surface area contributed by atoms with Crippen LogP contribution in [0.4, 0.5) is 0 Å². The zero-order chi connectivity index (χ0) is 25.2. The fourth-order valence-electron chi connectivity index (χ4n) is 4.08. The molecule has 2 aromatic heterocycles. The lowest BCUT2D eigenvalue weighted by Crippen LogP contribution is -2.47. The summed E-state index contributed by atoms with van der Waals surface area (Å²) in [6.07, 6.45) is 2.44. The molecule has 11 nitrogen and oxygen atoms in total. The number of fused-ring (bicyclic) bond motifs is 1. The van der Waals surface area contributed by atoms with E-state index in [4.69, 9.17) is 4.74 Å². The van der Waals surface area contributed by atoms with Crippen molar-refractivity contribution in [1.82, 2.24) is 28.7 Å². The van der Waals surface area contributed by atoms with Gasteiger partial charge in [-0.1, -0.05) is 20.3 Å². The van der Waals surface area contributed by atoms with E-state index in [0.29, 0.717) is 57.1 Å². The van der Waals surface area contributed by atoms with Crippen LogP contribution in [-0.2, 0) is 16.6 Å². The minimum absolute atomic E-state index is 0.125. The molecule has 0 bridgehead atoms. The van der Waals surface area contributed by atoms with Gasteiger partial charge in [0.1, 0.15) is 17.1 Å². The van der Waals surface area contributed by atoms with Crippen molar-refractivity contribution in [1.29, 1.82) is 0 Å². The molecule has 0 amide bonds. The van der Waals surface area contributed by atoms with E-state index in [-0.39, 0.29) is 21.9 Å². The topological polar surface area (TPSA) is 133 Å². The second kappa shape index (κ2) is 10.3. The molecule has 1 fully saturated rings. The molecule has 3 heterocycles. The maximum absolute atomic E-state index is 13.4. The largest absolute Gasteiger partial charge is 0.493 e. The number of imidazole rings is 1. The van der Waals surface area contributed by atoms with Crippen LogP contribution in [0.3, 0.4) is 0 Å². The van der Waals surface area contributed by atoms with Gasteiger partial charge in [-0.2, -0.15) is 4.31 Å². The maximum atomic E-state index is 13.4. The SMILES string of the molecule is CCCCOc1ccc(S(=O)(=O)N2CCN(C)CC2)cc1-c1nc2c([nH]1)c(=O)[nH]c(=O)n2CCC. The number of ether oxygens (including phenoxy) is 1. The highest BCUT2D eigenvalue weighted by molar-refractivity contribution is 7.89. The molecule has 0 unspecified atom stereocenters. The average Bonchev–Trinajstić information content (AvgIpc) is 3.28. The third-order valence-corrected chi connectivity index (χ3v) is 8.04. The number of piperazine rings is 1. The van der Waals surface area contributed by atoms with Crippen LogP contribution in [-0.4, -0.2) is 77.0 Å². The van der Waals surface area contributed by atoms with Gasteiger partial charge in [0.15, 0.2) is 5.65 Å². The van der Waals surface area contributed by atoms with Crippen LogP contribution in [0, 0.1) is 0 Å². The molecule has 3 aromatic rings. The molecule has 0 aliphatic carbocycles. The van der Waals surface area contributed by atoms with Crippen molar-refractivity contribution in [3.05, 3.63) is 39.0 Å². The first-order valence-electron chi connectivity index (χ1n) is 11.9. The predicted molar refractivity (Wildman–Crippen MR) is 133 cm³/mol. The normalized spacial score (nSPS) is 15.6. The Morgan fingerprint density at radius 2 is 1.80 bits per heavy atom. The summed E-state index contributed by atoms with van der Waals surface area (Å²) in [4.78, 5) is 36.9. The number of hydrogen-bond donors (Lipinski definition) is 2. The number of nitrogens with zero attached hydrogens (tertiary/aromatic N) is 4. The van der Waals surface area contributed by atoms with E-state index >= 15 is 0 Å². The number of sulfonamides is 1. The second-order valence-electron chi connectivity index (χ2n) is 8.76. The van der Waals surface area contributed by atoms with Gasteiger partial charge in [0.2, 0.25) is 10.0 Å². The maximum Gasteiger partial charge on any atom is 0.330 e. The van der Waals surface area contributed by atoms with E-state index < -0.39 is 21.3 Å². The van der Waals surface area contributed by atoms with Crippen LogP contribution in [0.15, 0.2) is 32.7 Å². The summed E-state index contributed by atoms with van der Waals surface area (Å²) in [6.45, 7) is 6.94. The van der Waals surface area contributed by atoms with Crippen molar-refractivity contribution in [3.63, 3.8) is 0 Å². The number of rotatable bonds is 9.